The van der Waals surface area contributed by atoms with E-state index in [0.717, 1.165) is 0 Å². The lowest BCUT2D eigenvalue weighted by molar-refractivity contribution is 0.577. The second kappa shape index (κ2) is 10.5. The van der Waals surface area contributed by atoms with Crippen LogP contribution in [0.2, 0.25) is 0 Å². The topological polar surface area (TPSA) is 95.1 Å². The van der Waals surface area contributed by atoms with Gasteiger partial charge >= 0.3 is 0 Å². The minimum atomic E-state index is -3.14. The predicted octanol–water partition coefficient (Wildman–Crippen LogP) is 0.575. The van der Waals surface area contributed by atoms with Crippen molar-refractivity contribution in [3.63, 3.8) is 0 Å². The summed E-state index contributed by atoms with van der Waals surface area (Å²) >= 11 is 0. The lowest BCUT2D eigenvalue weighted by atomic mass is 11.3. The van der Waals surface area contributed by atoms with Gasteiger partial charge in [-0.2, -0.15) is 0 Å². The summed E-state index contributed by atoms with van der Waals surface area (Å²) in [6.45, 7) is 12.0. The van der Waals surface area contributed by atoms with Crippen LogP contribution in [-0.4, -0.2) is 0 Å². The minimum Gasteiger partial charge on any atom is -0.272 e. The molecule has 9 heavy (non-hydrogen) atoms. The average molecular weight is 151 g/mol. The Balaban J connectivity index is -0.0000000771. The van der Waals surface area contributed by atoms with Crippen LogP contribution >= 0.6 is 7.59 Å². The molecule has 0 aliphatic carbocycles. The van der Waals surface area contributed by atoms with Gasteiger partial charge in [0.2, 0.25) is 0 Å². The van der Waals surface area contributed by atoms with Crippen molar-refractivity contribution in [3.05, 3.63) is 26.3 Å². The normalized spacial score (nSPS) is 7.44. The van der Waals surface area contributed by atoms with Crippen molar-refractivity contribution in [1.82, 2.24) is 0 Å². The third-order valence-corrected chi connectivity index (χ3v) is 0. The van der Waals surface area contributed by atoms with Crippen LogP contribution in [-0.2, 0) is 4.57 Å². The third kappa shape index (κ3) is 1410. The minimum absolute atomic E-state index is 3.00. The van der Waals surface area contributed by atoms with Crippen molar-refractivity contribution in [3.8, 4) is 0 Å². The molecular formula is C4H14N3OP. The van der Waals surface area contributed by atoms with E-state index in [1.807, 2.05) is 0 Å². The molecule has 0 aromatic rings. The Morgan fingerprint density at radius 2 is 0.889 bits per heavy atom. The van der Waals surface area contributed by atoms with Crippen LogP contribution in [0.15, 0.2) is 26.3 Å². The van der Waals surface area contributed by atoms with E-state index in [2.05, 4.69) is 42.8 Å². The van der Waals surface area contributed by atoms with Gasteiger partial charge in [0.15, 0.2) is 0 Å². The first-order valence-corrected chi connectivity index (χ1v) is 3.87. The van der Waals surface area contributed by atoms with Gasteiger partial charge in [0.05, 0.1) is 0 Å². The van der Waals surface area contributed by atoms with E-state index < -0.39 is 7.59 Å². The lowest BCUT2D eigenvalue weighted by Crippen LogP contribution is -2.12. The molecule has 0 fully saturated rings. The van der Waals surface area contributed by atoms with Crippen molar-refractivity contribution in [2.45, 2.75) is 0 Å². The van der Waals surface area contributed by atoms with Gasteiger partial charge in [-0.05, 0) is 0 Å². The average Bonchev–Trinajstić information content (AvgIpc) is 1.72. The first kappa shape index (κ1) is 15.8. The highest BCUT2D eigenvalue weighted by molar-refractivity contribution is 7.56. The number of hydrogen-bond donors (Lipinski definition) is 3. The fourth-order valence-corrected chi connectivity index (χ4v) is 0. The standard InChI is InChI=1S/2C2H4.H6N3OP/c2*1-2;1-5(2,3)4/h2*1-2H2;(H6,1,2,3,4). The number of rotatable bonds is 0. The first-order chi connectivity index (χ1) is 4.00. The predicted molar refractivity (Wildman–Crippen MR) is 42.7 cm³/mol. The van der Waals surface area contributed by atoms with E-state index in [4.69, 9.17) is 0 Å². The van der Waals surface area contributed by atoms with Gasteiger partial charge in [0, 0.05) is 0 Å². The Kier molecular flexibility index (Phi) is 18.6. The highest BCUT2D eigenvalue weighted by Gasteiger charge is 1.90. The van der Waals surface area contributed by atoms with Gasteiger partial charge in [-0.3, -0.25) is 21.1 Å². The Morgan fingerprint density at radius 3 is 0.889 bits per heavy atom. The maximum atomic E-state index is 9.55. The SMILES string of the molecule is C=C.C=C.NP(N)(N)=O. The Hall–Kier alpha value is -0.410. The number of hydrogen-bond acceptors (Lipinski definition) is 1. The summed E-state index contributed by atoms with van der Waals surface area (Å²) in [5.74, 6) is 0. The second-order valence-corrected chi connectivity index (χ2v) is 2.29. The fourth-order valence-electron chi connectivity index (χ4n) is 0. The van der Waals surface area contributed by atoms with E-state index in [1.165, 1.54) is 0 Å². The molecule has 0 saturated heterocycles. The zero-order chi connectivity index (χ0) is 8.50. The zero-order valence-electron chi connectivity index (χ0n) is 5.42. The summed E-state index contributed by atoms with van der Waals surface area (Å²) in [6.07, 6.45) is 0. The molecule has 56 valence electrons. The molecule has 0 saturated carbocycles. The van der Waals surface area contributed by atoms with Crippen LogP contribution in [0.25, 0.3) is 0 Å². The summed E-state index contributed by atoms with van der Waals surface area (Å²) in [6, 6.07) is 0. The molecule has 0 aliphatic rings. The molecule has 0 aromatic carbocycles. The monoisotopic (exact) mass is 151 g/mol. The highest BCUT2D eigenvalue weighted by atomic mass is 31.2. The van der Waals surface area contributed by atoms with Gasteiger partial charge < -0.3 is 0 Å². The highest BCUT2D eigenvalue weighted by Crippen LogP contribution is 2.06. The van der Waals surface area contributed by atoms with Crippen molar-refractivity contribution in [1.29, 1.82) is 0 Å². The molecule has 0 aromatic heterocycles. The molecule has 0 spiro atoms. The van der Waals surface area contributed by atoms with Crippen molar-refractivity contribution in [2.75, 3.05) is 0 Å². The molecule has 0 unspecified atom stereocenters. The van der Waals surface area contributed by atoms with Gasteiger partial charge in [0.1, 0.15) is 0 Å². The summed E-state index contributed by atoms with van der Waals surface area (Å²) in [5.41, 5.74) is 13.4. The van der Waals surface area contributed by atoms with E-state index in [-0.39, 0.29) is 0 Å². The number of nitrogens with two attached hydrogens (primary N) is 3. The van der Waals surface area contributed by atoms with Gasteiger partial charge in [-0.1, -0.05) is 0 Å². The molecule has 0 bridgehead atoms. The van der Waals surface area contributed by atoms with Crippen molar-refractivity contribution >= 4 is 7.59 Å². The van der Waals surface area contributed by atoms with Crippen LogP contribution in [0.1, 0.15) is 0 Å². The van der Waals surface area contributed by atoms with Gasteiger partial charge in [-0.25, -0.2) is 0 Å². The largest absolute Gasteiger partial charge is 0.272 e. The molecule has 0 amide bonds. The fraction of sp³-hybridized carbons (Fsp3) is 0. The van der Waals surface area contributed by atoms with E-state index >= 15 is 0 Å². The molecule has 0 heterocycles. The van der Waals surface area contributed by atoms with Gasteiger partial charge in [0.25, 0.3) is 7.59 Å². The van der Waals surface area contributed by atoms with Crippen LogP contribution in [0.4, 0.5) is 0 Å². The van der Waals surface area contributed by atoms with E-state index in [9.17, 15) is 4.57 Å². The molecule has 0 aliphatic heterocycles. The summed E-state index contributed by atoms with van der Waals surface area (Å²) in [7, 11) is -3.14. The third-order valence-electron chi connectivity index (χ3n) is 0. The first-order valence-electron chi connectivity index (χ1n) is 1.96. The van der Waals surface area contributed by atoms with Crippen LogP contribution < -0.4 is 16.5 Å². The lowest BCUT2D eigenvalue weighted by Gasteiger charge is -1.88. The second-order valence-electron chi connectivity index (χ2n) is 0.763. The summed E-state index contributed by atoms with van der Waals surface area (Å²) in [4.78, 5) is 0. The smallest absolute Gasteiger partial charge is 0.271 e. The van der Waals surface area contributed by atoms with Crippen LogP contribution in [0, 0.1) is 0 Å². The summed E-state index contributed by atoms with van der Waals surface area (Å²) in [5, 5.41) is 0. The van der Waals surface area contributed by atoms with Crippen molar-refractivity contribution in [2.24, 2.45) is 16.5 Å². The Morgan fingerprint density at radius 1 is 0.889 bits per heavy atom. The molecule has 0 rings (SSSR count). The molecule has 0 radical (unpaired) electrons. The van der Waals surface area contributed by atoms with E-state index in [0.29, 0.717) is 0 Å². The molecule has 6 N–H and O–H groups in total. The maximum Gasteiger partial charge on any atom is 0.271 e. The van der Waals surface area contributed by atoms with E-state index in [1.54, 1.807) is 0 Å². The molecule has 5 heteroatoms. The zero-order valence-corrected chi connectivity index (χ0v) is 6.31. The molecule has 0 atom stereocenters. The maximum absolute atomic E-state index is 9.55. The Labute approximate surface area is 55.9 Å². The molecular weight excluding hydrogens is 137 g/mol. The van der Waals surface area contributed by atoms with Crippen LogP contribution in [0.5, 0.6) is 0 Å². The van der Waals surface area contributed by atoms with Crippen molar-refractivity contribution < 1.29 is 4.57 Å². The van der Waals surface area contributed by atoms with Crippen LogP contribution in [0.3, 0.4) is 0 Å². The molecule has 4 nitrogen and oxygen atoms in total. The Bertz CT molecular complexity index is 79.5. The summed E-state index contributed by atoms with van der Waals surface area (Å²) < 4.78 is 9.55. The van der Waals surface area contributed by atoms with Gasteiger partial charge in [-0.15, -0.1) is 26.3 Å². The quantitative estimate of drug-likeness (QED) is 0.348.